The molecule has 2 aliphatic heterocycles. The van der Waals surface area contributed by atoms with Crippen LogP contribution in [0.3, 0.4) is 0 Å². The van der Waals surface area contributed by atoms with Crippen molar-refractivity contribution in [1.29, 1.82) is 5.26 Å². The van der Waals surface area contributed by atoms with E-state index in [1.807, 2.05) is 42.2 Å². The van der Waals surface area contributed by atoms with Crippen LogP contribution in [0.1, 0.15) is 27.3 Å². The van der Waals surface area contributed by atoms with E-state index in [2.05, 4.69) is 37.4 Å². The van der Waals surface area contributed by atoms with Crippen LogP contribution in [0.5, 0.6) is 0 Å². The monoisotopic (exact) mass is 561 g/mol. The Morgan fingerprint density at radius 1 is 1.05 bits per heavy atom. The zero-order valence-electron chi connectivity index (χ0n) is 22.7. The van der Waals surface area contributed by atoms with Crippen molar-refractivity contribution in [1.82, 2.24) is 14.3 Å². The number of para-hydroxylation sites is 1. The molecule has 9 nitrogen and oxygen atoms in total. The molecule has 11 heteroatoms. The molecule has 3 heterocycles. The predicted molar refractivity (Wildman–Crippen MR) is 157 cm³/mol. The van der Waals surface area contributed by atoms with Gasteiger partial charge in [-0.1, -0.05) is 12.1 Å². The molecule has 0 radical (unpaired) electrons. The smallest absolute Gasteiger partial charge is 0.260 e. The molecule has 39 heavy (non-hydrogen) atoms. The molecule has 0 saturated carbocycles. The van der Waals surface area contributed by atoms with Crippen LogP contribution < -0.4 is 14.5 Å². The molecule has 0 atom stereocenters. The van der Waals surface area contributed by atoms with Crippen molar-refractivity contribution in [2.75, 3.05) is 67.6 Å². The first kappa shape index (κ1) is 27.2. The fourth-order valence-corrected chi connectivity index (χ4v) is 6.53. The highest BCUT2D eigenvalue weighted by atomic mass is 32.2. The van der Waals surface area contributed by atoms with Crippen LogP contribution in [0, 0.1) is 18.3 Å². The highest BCUT2D eigenvalue weighted by Crippen LogP contribution is 2.45. The van der Waals surface area contributed by atoms with Crippen molar-refractivity contribution in [3.8, 4) is 6.07 Å². The van der Waals surface area contributed by atoms with E-state index in [1.54, 1.807) is 43.1 Å². The van der Waals surface area contributed by atoms with Crippen molar-refractivity contribution in [3.05, 3.63) is 71.0 Å². The predicted octanol–water partition coefficient (Wildman–Crippen LogP) is 4.66. The Kier molecular flexibility index (Phi) is 7.68. The second kappa shape index (κ2) is 11.0. The molecule has 202 valence electrons. The number of aromatic nitrogens is 2. The minimum absolute atomic E-state index is 0.0703. The van der Waals surface area contributed by atoms with Crippen LogP contribution in [0.25, 0.3) is 0 Å². The first-order valence-corrected chi connectivity index (χ1v) is 16.2. The number of amides is 1. The first-order chi connectivity index (χ1) is 18.6. The number of rotatable bonds is 6. The van der Waals surface area contributed by atoms with Gasteiger partial charge in [0.1, 0.15) is 11.8 Å². The van der Waals surface area contributed by atoms with Crippen molar-refractivity contribution < 1.29 is 9.36 Å². The molecular weight excluding hydrogens is 529 g/mol. The number of benzene rings is 2. The molecule has 0 unspecified atom stereocenters. The maximum atomic E-state index is 13.6. The average molecular weight is 562 g/mol. The number of hydrogen-bond donors (Lipinski definition) is 0. The van der Waals surface area contributed by atoms with E-state index < -0.39 is 7.29 Å². The summed E-state index contributed by atoms with van der Waals surface area (Å²) in [6.07, 6.45) is 0.799. The molecule has 0 bridgehead atoms. The zero-order chi connectivity index (χ0) is 27.7. The molecule has 3 aromatic rings. The summed E-state index contributed by atoms with van der Waals surface area (Å²) in [5.41, 5.74) is 4.54. The Bertz CT molecular complexity index is 1490. The Balaban J connectivity index is 1.25. The number of piperazine rings is 1. The molecule has 1 amide bonds. The fraction of sp³-hybridized carbons (Fsp3) is 0.357. The highest BCUT2D eigenvalue weighted by molar-refractivity contribution is 7.97. The van der Waals surface area contributed by atoms with Crippen molar-refractivity contribution >= 4 is 42.5 Å². The van der Waals surface area contributed by atoms with Gasteiger partial charge < -0.3 is 19.0 Å². The molecule has 5 rings (SSSR count). The van der Waals surface area contributed by atoms with Crippen LogP contribution in [-0.4, -0.2) is 73.3 Å². The molecular formula is C28H32N7O2PS. The van der Waals surface area contributed by atoms with Gasteiger partial charge in [0.25, 0.3) is 5.91 Å². The van der Waals surface area contributed by atoms with E-state index in [1.165, 1.54) is 0 Å². The number of hydrogen-bond acceptors (Lipinski definition) is 8. The van der Waals surface area contributed by atoms with Crippen LogP contribution in [-0.2, 0) is 11.0 Å². The number of nitriles is 1. The Morgan fingerprint density at radius 2 is 1.79 bits per heavy atom. The number of fused-ring (bicyclic) bond motifs is 1. The maximum absolute atomic E-state index is 13.6. The molecule has 2 aromatic carbocycles. The summed E-state index contributed by atoms with van der Waals surface area (Å²) >= 11 is 1.73. The van der Waals surface area contributed by atoms with E-state index in [4.69, 9.17) is 0 Å². The van der Waals surface area contributed by atoms with Gasteiger partial charge in [0, 0.05) is 69.4 Å². The van der Waals surface area contributed by atoms with Crippen molar-refractivity contribution in [2.24, 2.45) is 0 Å². The number of carbonyl (C=O) groups excluding carboxylic acids is 1. The average Bonchev–Trinajstić information content (AvgIpc) is 3.35. The summed E-state index contributed by atoms with van der Waals surface area (Å²) in [7, 11) is -0.779. The van der Waals surface area contributed by atoms with E-state index in [0.29, 0.717) is 29.4 Å². The summed E-state index contributed by atoms with van der Waals surface area (Å²) in [5, 5.41) is 9.22. The van der Waals surface area contributed by atoms with Gasteiger partial charge in [-0.2, -0.15) is 5.26 Å². The second-order valence-corrected chi connectivity index (χ2v) is 14.5. The van der Waals surface area contributed by atoms with Gasteiger partial charge in [-0.15, -0.1) is 0 Å². The van der Waals surface area contributed by atoms with E-state index in [9.17, 15) is 14.6 Å². The standard InChI is InChI=1S/C28H32N7O2PS/c1-20-17-22(19-29)31-28(30-20)33-13-15-34(16-14-33)39-23-9-10-25-21(18-23)11-12-35(25)27(36)24-7-5-6-8-26(24)32(2)38(3,4)37/h5-10,17-18H,11-16H2,1-4H3. The number of nitrogens with zero attached hydrogens (tertiary/aromatic N) is 7. The molecule has 1 aromatic heterocycles. The quantitative estimate of drug-likeness (QED) is 0.314. The van der Waals surface area contributed by atoms with Gasteiger partial charge >= 0.3 is 0 Å². The normalized spacial score (nSPS) is 15.7. The lowest BCUT2D eigenvalue weighted by atomic mass is 10.1. The highest BCUT2D eigenvalue weighted by Gasteiger charge is 2.30. The van der Waals surface area contributed by atoms with Gasteiger partial charge in [0.05, 0.1) is 11.3 Å². The minimum atomic E-state index is -2.56. The largest absolute Gasteiger partial charge is 0.338 e. The molecule has 0 spiro atoms. The van der Waals surface area contributed by atoms with E-state index in [0.717, 1.165) is 54.4 Å². The number of aryl methyl sites for hydroxylation is 1. The lowest BCUT2D eigenvalue weighted by Crippen LogP contribution is -2.44. The van der Waals surface area contributed by atoms with Crippen LogP contribution >= 0.6 is 19.2 Å². The summed E-state index contributed by atoms with van der Waals surface area (Å²) in [4.78, 5) is 27.6. The third kappa shape index (κ3) is 5.81. The topological polar surface area (TPSA) is 96.7 Å². The minimum Gasteiger partial charge on any atom is -0.338 e. The molecule has 1 fully saturated rings. The lowest BCUT2D eigenvalue weighted by molar-refractivity contribution is 0.0990. The summed E-state index contributed by atoms with van der Waals surface area (Å²) in [6.45, 7) is 9.17. The van der Waals surface area contributed by atoms with Gasteiger partial charge in [-0.25, -0.2) is 14.3 Å². The van der Waals surface area contributed by atoms with Crippen LogP contribution in [0.4, 0.5) is 17.3 Å². The third-order valence-corrected chi connectivity index (χ3v) is 9.86. The first-order valence-electron chi connectivity index (χ1n) is 12.9. The summed E-state index contributed by atoms with van der Waals surface area (Å²) in [5.74, 6) is 0.547. The lowest BCUT2D eigenvalue weighted by Gasteiger charge is -2.34. The Morgan fingerprint density at radius 3 is 2.51 bits per heavy atom. The fourth-order valence-electron chi connectivity index (χ4n) is 4.87. The van der Waals surface area contributed by atoms with Crippen molar-refractivity contribution in [2.45, 2.75) is 18.2 Å². The van der Waals surface area contributed by atoms with Crippen LogP contribution in [0.2, 0.25) is 0 Å². The van der Waals surface area contributed by atoms with Crippen molar-refractivity contribution in [3.63, 3.8) is 0 Å². The van der Waals surface area contributed by atoms with Gasteiger partial charge in [-0.05, 0) is 67.3 Å². The van der Waals surface area contributed by atoms with Gasteiger partial charge in [-0.3, -0.25) is 4.79 Å². The van der Waals surface area contributed by atoms with Crippen LogP contribution in [0.15, 0.2) is 53.4 Å². The van der Waals surface area contributed by atoms with E-state index in [-0.39, 0.29) is 5.91 Å². The molecule has 2 aliphatic rings. The van der Waals surface area contributed by atoms with Gasteiger partial charge in [0.15, 0.2) is 7.29 Å². The number of carbonyl (C=O) groups is 1. The maximum Gasteiger partial charge on any atom is 0.260 e. The molecule has 0 N–H and O–H groups in total. The molecule has 1 saturated heterocycles. The summed E-state index contributed by atoms with van der Waals surface area (Å²) in [6, 6.07) is 17.5. The third-order valence-electron chi connectivity index (χ3n) is 7.11. The Hall–Kier alpha value is -3.38. The summed E-state index contributed by atoms with van der Waals surface area (Å²) < 4.78 is 16.8. The SMILES string of the molecule is Cc1cc(C#N)nc(N2CCN(Sc3ccc4c(c3)CCN4C(=O)c3ccccc3N(C)P(C)(C)=O)CC2)n1. The number of anilines is 3. The van der Waals surface area contributed by atoms with E-state index >= 15 is 0 Å². The zero-order valence-corrected chi connectivity index (χ0v) is 24.4. The molecule has 0 aliphatic carbocycles. The Labute approximate surface area is 234 Å². The second-order valence-electron chi connectivity index (χ2n) is 10.1. The van der Waals surface area contributed by atoms with Gasteiger partial charge in [0.2, 0.25) is 5.95 Å².